The highest BCUT2D eigenvalue weighted by molar-refractivity contribution is 4.76. The standard InChI is InChI=1S/C14H27F3N2/c1-2-8-18-9-4-3-5-10-19-11-6-13(7-12-19)14(15,16)17/h13,18H,2-12H2,1H3. The summed E-state index contributed by atoms with van der Waals surface area (Å²) in [7, 11) is 0. The lowest BCUT2D eigenvalue weighted by Gasteiger charge is -2.32. The molecule has 1 rings (SSSR count). The fraction of sp³-hybridized carbons (Fsp3) is 1.00. The van der Waals surface area contributed by atoms with E-state index >= 15 is 0 Å². The molecule has 1 saturated heterocycles. The number of hydrogen-bond acceptors (Lipinski definition) is 2. The van der Waals surface area contributed by atoms with Crippen LogP contribution >= 0.6 is 0 Å². The smallest absolute Gasteiger partial charge is 0.317 e. The lowest BCUT2D eigenvalue weighted by Crippen LogP contribution is -2.39. The van der Waals surface area contributed by atoms with Crippen LogP contribution in [0.25, 0.3) is 0 Å². The Morgan fingerprint density at radius 1 is 1.05 bits per heavy atom. The van der Waals surface area contributed by atoms with E-state index in [1.807, 2.05) is 0 Å². The molecule has 1 heterocycles. The van der Waals surface area contributed by atoms with Crippen molar-refractivity contribution in [2.24, 2.45) is 5.92 Å². The van der Waals surface area contributed by atoms with Crippen LogP contribution in [-0.4, -0.2) is 43.8 Å². The van der Waals surface area contributed by atoms with Gasteiger partial charge in [-0.2, -0.15) is 13.2 Å². The molecule has 114 valence electrons. The second kappa shape index (κ2) is 8.80. The zero-order valence-electron chi connectivity index (χ0n) is 11.9. The Hall–Kier alpha value is -0.290. The summed E-state index contributed by atoms with van der Waals surface area (Å²) in [6.45, 7) is 6.46. The van der Waals surface area contributed by atoms with Crippen LogP contribution < -0.4 is 5.32 Å². The van der Waals surface area contributed by atoms with Crippen molar-refractivity contribution in [1.82, 2.24) is 10.2 Å². The Morgan fingerprint density at radius 2 is 1.74 bits per heavy atom. The predicted octanol–water partition coefficient (Wildman–Crippen LogP) is 3.43. The van der Waals surface area contributed by atoms with Gasteiger partial charge in [0.15, 0.2) is 0 Å². The van der Waals surface area contributed by atoms with Gasteiger partial charge in [-0.15, -0.1) is 0 Å². The molecule has 19 heavy (non-hydrogen) atoms. The van der Waals surface area contributed by atoms with Crippen molar-refractivity contribution in [2.75, 3.05) is 32.7 Å². The van der Waals surface area contributed by atoms with Crippen LogP contribution in [0.3, 0.4) is 0 Å². The quantitative estimate of drug-likeness (QED) is 0.685. The van der Waals surface area contributed by atoms with Crippen LogP contribution in [0.2, 0.25) is 0 Å². The predicted molar refractivity (Wildman–Crippen MR) is 72.2 cm³/mol. The summed E-state index contributed by atoms with van der Waals surface area (Å²) in [4.78, 5) is 2.18. The van der Waals surface area contributed by atoms with Crippen LogP contribution in [0, 0.1) is 5.92 Å². The van der Waals surface area contributed by atoms with E-state index in [1.165, 1.54) is 6.42 Å². The van der Waals surface area contributed by atoms with E-state index < -0.39 is 12.1 Å². The molecular weight excluding hydrogens is 253 g/mol. The molecule has 1 aliphatic rings. The first-order valence-electron chi connectivity index (χ1n) is 7.54. The molecule has 0 bridgehead atoms. The number of hydrogen-bond donors (Lipinski definition) is 1. The lowest BCUT2D eigenvalue weighted by molar-refractivity contribution is -0.185. The van der Waals surface area contributed by atoms with Crippen molar-refractivity contribution in [1.29, 1.82) is 0 Å². The van der Waals surface area contributed by atoms with Gasteiger partial charge in [0.1, 0.15) is 0 Å². The van der Waals surface area contributed by atoms with Crippen molar-refractivity contribution in [3.05, 3.63) is 0 Å². The van der Waals surface area contributed by atoms with Crippen molar-refractivity contribution in [2.45, 2.75) is 51.6 Å². The fourth-order valence-electron chi connectivity index (χ4n) is 2.55. The van der Waals surface area contributed by atoms with Gasteiger partial charge >= 0.3 is 6.18 Å². The Kier molecular flexibility index (Phi) is 7.76. The lowest BCUT2D eigenvalue weighted by atomic mass is 9.96. The monoisotopic (exact) mass is 280 g/mol. The molecule has 0 amide bonds. The van der Waals surface area contributed by atoms with Crippen molar-refractivity contribution in [3.8, 4) is 0 Å². The highest BCUT2D eigenvalue weighted by Gasteiger charge is 2.40. The normalized spacial score (nSPS) is 18.9. The van der Waals surface area contributed by atoms with E-state index in [-0.39, 0.29) is 12.8 Å². The first-order valence-corrected chi connectivity index (χ1v) is 7.54. The van der Waals surface area contributed by atoms with E-state index in [0.717, 1.165) is 38.9 Å². The summed E-state index contributed by atoms with van der Waals surface area (Å²) >= 11 is 0. The van der Waals surface area contributed by atoms with Gasteiger partial charge in [-0.05, 0) is 64.8 Å². The van der Waals surface area contributed by atoms with Gasteiger partial charge in [-0.25, -0.2) is 0 Å². The summed E-state index contributed by atoms with van der Waals surface area (Å²) < 4.78 is 37.5. The van der Waals surface area contributed by atoms with E-state index in [0.29, 0.717) is 13.1 Å². The van der Waals surface area contributed by atoms with Gasteiger partial charge in [-0.3, -0.25) is 0 Å². The maximum absolute atomic E-state index is 12.5. The SMILES string of the molecule is CCCNCCCCCN1CCC(C(F)(F)F)CC1. The second-order valence-corrected chi connectivity index (χ2v) is 5.47. The fourth-order valence-corrected chi connectivity index (χ4v) is 2.55. The number of halogens is 3. The number of nitrogens with one attached hydrogen (secondary N) is 1. The van der Waals surface area contributed by atoms with Gasteiger partial charge in [0, 0.05) is 0 Å². The van der Waals surface area contributed by atoms with Crippen LogP contribution in [0.5, 0.6) is 0 Å². The van der Waals surface area contributed by atoms with Gasteiger partial charge in [0.2, 0.25) is 0 Å². The number of likely N-dealkylation sites (tertiary alicyclic amines) is 1. The second-order valence-electron chi connectivity index (χ2n) is 5.47. The third-order valence-corrected chi connectivity index (χ3v) is 3.81. The molecule has 0 radical (unpaired) electrons. The first-order chi connectivity index (χ1) is 9.04. The van der Waals surface area contributed by atoms with Crippen LogP contribution in [0.1, 0.15) is 45.4 Å². The van der Waals surface area contributed by atoms with Crippen LogP contribution in [-0.2, 0) is 0 Å². The van der Waals surface area contributed by atoms with Crippen molar-refractivity contribution < 1.29 is 13.2 Å². The Labute approximate surface area is 114 Å². The number of nitrogens with zero attached hydrogens (tertiary/aromatic N) is 1. The molecule has 0 spiro atoms. The van der Waals surface area contributed by atoms with Crippen LogP contribution in [0.4, 0.5) is 13.2 Å². The minimum absolute atomic E-state index is 0.279. The maximum atomic E-state index is 12.5. The molecule has 5 heteroatoms. The van der Waals surface area contributed by atoms with Gasteiger partial charge in [0.05, 0.1) is 5.92 Å². The topological polar surface area (TPSA) is 15.3 Å². The number of piperidine rings is 1. The van der Waals surface area contributed by atoms with E-state index in [2.05, 4.69) is 17.1 Å². The minimum atomic E-state index is -3.99. The molecule has 0 aromatic rings. The third-order valence-electron chi connectivity index (χ3n) is 3.81. The number of rotatable bonds is 8. The average molecular weight is 280 g/mol. The van der Waals surface area contributed by atoms with Crippen molar-refractivity contribution >= 4 is 0 Å². The van der Waals surface area contributed by atoms with Crippen molar-refractivity contribution in [3.63, 3.8) is 0 Å². The molecule has 0 aliphatic carbocycles. The third kappa shape index (κ3) is 7.16. The summed E-state index contributed by atoms with van der Waals surface area (Å²) in [6, 6.07) is 0. The Balaban J connectivity index is 1.98. The summed E-state index contributed by atoms with van der Waals surface area (Å²) in [5.74, 6) is -1.07. The molecule has 0 aromatic heterocycles. The zero-order chi connectivity index (χ0) is 14.1. The molecule has 2 nitrogen and oxygen atoms in total. The number of unbranched alkanes of at least 4 members (excludes halogenated alkanes) is 2. The Bertz CT molecular complexity index is 223. The van der Waals surface area contributed by atoms with Crippen LogP contribution in [0.15, 0.2) is 0 Å². The van der Waals surface area contributed by atoms with Gasteiger partial charge in [0.25, 0.3) is 0 Å². The highest BCUT2D eigenvalue weighted by atomic mass is 19.4. The zero-order valence-corrected chi connectivity index (χ0v) is 11.9. The number of alkyl halides is 3. The molecule has 0 unspecified atom stereocenters. The molecule has 0 saturated carbocycles. The van der Waals surface area contributed by atoms with E-state index in [1.54, 1.807) is 0 Å². The summed E-state index contributed by atoms with van der Waals surface area (Å²) in [5, 5.41) is 3.36. The molecular formula is C14H27F3N2. The molecule has 1 aliphatic heterocycles. The molecule has 1 fully saturated rings. The van der Waals surface area contributed by atoms with E-state index in [9.17, 15) is 13.2 Å². The van der Waals surface area contributed by atoms with Gasteiger partial charge in [-0.1, -0.05) is 13.3 Å². The summed E-state index contributed by atoms with van der Waals surface area (Å²) in [5.41, 5.74) is 0. The largest absolute Gasteiger partial charge is 0.391 e. The Morgan fingerprint density at radius 3 is 2.32 bits per heavy atom. The molecule has 0 aromatic carbocycles. The average Bonchev–Trinajstić information content (AvgIpc) is 2.37. The first kappa shape index (κ1) is 16.8. The minimum Gasteiger partial charge on any atom is -0.317 e. The molecule has 1 N–H and O–H groups in total. The summed E-state index contributed by atoms with van der Waals surface area (Å²) in [6.07, 6.45) is 1.16. The maximum Gasteiger partial charge on any atom is 0.391 e. The molecule has 0 atom stereocenters. The van der Waals surface area contributed by atoms with E-state index in [4.69, 9.17) is 0 Å². The van der Waals surface area contributed by atoms with Gasteiger partial charge < -0.3 is 10.2 Å². The highest BCUT2D eigenvalue weighted by Crippen LogP contribution is 2.34.